The van der Waals surface area contributed by atoms with E-state index in [1.54, 1.807) is 6.92 Å². The lowest BCUT2D eigenvalue weighted by atomic mass is 10.3. The van der Waals surface area contributed by atoms with Crippen LogP contribution >= 0.6 is 0 Å². The van der Waals surface area contributed by atoms with Crippen LogP contribution in [0.1, 0.15) is 20.3 Å². The second-order valence-corrected chi connectivity index (χ2v) is 2.42. The maximum atomic E-state index is 10.9. The van der Waals surface area contributed by atoms with Gasteiger partial charge in [-0.2, -0.15) is 0 Å². The fraction of sp³-hybridized carbons (Fsp3) is 0.667. The lowest BCUT2D eigenvalue weighted by Crippen LogP contribution is -2.08. The van der Waals surface area contributed by atoms with Crippen molar-refractivity contribution in [3.05, 3.63) is 11.8 Å². The molecule has 0 aromatic carbocycles. The lowest BCUT2D eigenvalue weighted by Gasteiger charge is -2.01. The molecular formula is C9H17NO3. The largest absolute Gasteiger partial charge is 0.463 e. The van der Waals surface area contributed by atoms with Crippen molar-refractivity contribution in [2.75, 3.05) is 19.8 Å². The number of esters is 1. The van der Waals surface area contributed by atoms with Crippen LogP contribution in [0.25, 0.3) is 0 Å². The number of rotatable bonds is 6. The van der Waals surface area contributed by atoms with E-state index in [4.69, 9.17) is 10.5 Å². The van der Waals surface area contributed by atoms with E-state index in [1.165, 1.54) is 6.08 Å². The molecule has 4 heteroatoms. The Hall–Kier alpha value is -1.03. The van der Waals surface area contributed by atoms with Crippen LogP contribution in [0.5, 0.6) is 0 Å². The predicted octanol–water partition coefficient (Wildman–Crippen LogP) is 0.819. The average Bonchev–Trinajstić information content (AvgIpc) is 2.05. The van der Waals surface area contributed by atoms with Crippen LogP contribution in [0.4, 0.5) is 0 Å². The van der Waals surface area contributed by atoms with Crippen LogP contribution in [0.2, 0.25) is 0 Å². The van der Waals surface area contributed by atoms with E-state index in [9.17, 15) is 4.79 Å². The molecule has 0 aliphatic rings. The molecule has 0 saturated heterocycles. The van der Waals surface area contributed by atoms with Crippen LogP contribution in [0.15, 0.2) is 11.8 Å². The van der Waals surface area contributed by atoms with Gasteiger partial charge in [0.1, 0.15) is 0 Å². The van der Waals surface area contributed by atoms with Crippen molar-refractivity contribution in [3.8, 4) is 0 Å². The smallest absolute Gasteiger partial charge is 0.332 e. The van der Waals surface area contributed by atoms with Crippen LogP contribution < -0.4 is 5.73 Å². The summed E-state index contributed by atoms with van der Waals surface area (Å²) < 4.78 is 9.76. The molecule has 0 spiro atoms. The van der Waals surface area contributed by atoms with E-state index >= 15 is 0 Å². The van der Waals surface area contributed by atoms with Crippen LogP contribution in [-0.4, -0.2) is 25.8 Å². The molecule has 0 aliphatic carbocycles. The first-order valence-corrected chi connectivity index (χ1v) is 4.41. The Balaban J connectivity index is 3.67. The molecule has 2 N–H and O–H groups in total. The molecule has 0 aromatic rings. The first kappa shape index (κ1) is 12.0. The predicted molar refractivity (Wildman–Crippen MR) is 50.0 cm³/mol. The number of ether oxygens (including phenoxy) is 2. The van der Waals surface area contributed by atoms with Gasteiger partial charge in [-0.05, 0) is 13.8 Å². The van der Waals surface area contributed by atoms with Crippen molar-refractivity contribution in [1.82, 2.24) is 0 Å². The van der Waals surface area contributed by atoms with Crippen molar-refractivity contribution in [2.24, 2.45) is 5.73 Å². The SMILES string of the molecule is CCOCC/C(N)=C/C(=O)OCC. The standard InChI is InChI=1S/C9H17NO3/c1-3-12-6-5-8(10)7-9(11)13-4-2/h7H,3-6,10H2,1-2H3/b8-7-. The molecule has 0 fully saturated rings. The van der Waals surface area contributed by atoms with Gasteiger partial charge in [0.15, 0.2) is 0 Å². The molecule has 0 amide bonds. The van der Waals surface area contributed by atoms with Gasteiger partial charge in [0.2, 0.25) is 0 Å². The van der Waals surface area contributed by atoms with Gasteiger partial charge in [-0.1, -0.05) is 0 Å². The molecule has 0 aromatic heterocycles. The summed E-state index contributed by atoms with van der Waals surface area (Å²) in [6.45, 7) is 5.23. The summed E-state index contributed by atoms with van der Waals surface area (Å²) in [4.78, 5) is 10.9. The Morgan fingerprint density at radius 1 is 1.38 bits per heavy atom. The molecule has 0 aliphatic heterocycles. The van der Waals surface area contributed by atoms with E-state index in [0.29, 0.717) is 31.9 Å². The zero-order valence-electron chi connectivity index (χ0n) is 8.21. The average molecular weight is 187 g/mol. The molecule has 0 radical (unpaired) electrons. The third-order valence-electron chi connectivity index (χ3n) is 1.33. The van der Waals surface area contributed by atoms with E-state index in [0.717, 1.165) is 0 Å². The quantitative estimate of drug-likeness (QED) is 0.380. The van der Waals surface area contributed by atoms with Crippen LogP contribution in [-0.2, 0) is 14.3 Å². The minimum absolute atomic E-state index is 0.369. The molecule has 0 heterocycles. The zero-order valence-corrected chi connectivity index (χ0v) is 8.21. The van der Waals surface area contributed by atoms with Crippen molar-refractivity contribution in [2.45, 2.75) is 20.3 Å². The van der Waals surface area contributed by atoms with Crippen molar-refractivity contribution < 1.29 is 14.3 Å². The molecule has 0 bridgehead atoms. The maximum absolute atomic E-state index is 10.9. The Morgan fingerprint density at radius 2 is 2.08 bits per heavy atom. The fourth-order valence-corrected chi connectivity index (χ4v) is 0.742. The minimum Gasteiger partial charge on any atom is -0.463 e. The van der Waals surface area contributed by atoms with E-state index in [1.807, 2.05) is 6.92 Å². The normalized spacial score (nSPS) is 11.4. The van der Waals surface area contributed by atoms with Gasteiger partial charge in [0.25, 0.3) is 0 Å². The number of nitrogens with two attached hydrogens (primary N) is 1. The monoisotopic (exact) mass is 187 g/mol. The fourth-order valence-electron chi connectivity index (χ4n) is 0.742. The third kappa shape index (κ3) is 7.33. The van der Waals surface area contributed by atoms with Gasteiger partial charge in [-0.25, -0.2) is 4.79 Å². The molecule has 0 saturated carbocycles. The molecule has 0 atom stereocenters. The summed E-state index contributed by atoms with van der Waals surface area (Å²) in [6.07, 6.45) is 1.86. The minimum atomic E-state index is -0.392. The topological polar surface area (TPSA) is 61.5 Å². The second kappa shape index (κ2) is 7.61. The Labute approximate surface area is 78.7 Å². The highest BCUT2D eigenvalue weighted by Gasteiger charge is 1.98. The summed E-state index contributed by atoms with van der Waals surface area (Å²) in [5.74, 6) is -0.392. The number of carbonyl (C=O) groups is 1. The zero-order chi connectivity index (χ0) is 10.1. The van der Waals surface area contributed by atoms with Crippen LogP contribution in [0.3, 0.4) is 0 Å². The van der Waals surface area contributed by atoms with Gasteiger partial charge >= 0.3 is 5.97 Å². The summed E-state index contributed by atoms with van der Waals surface area (Å²) >= 11 is 0. The number of hydrogen-bond donors (Lipinski definition) is 1. The van der Waals surface area contributed by atoms with Gasteiger partial charge in [0, 0.05) is 24.8 Å². The van der Waals surface area contributed by atoms with Gasteiger partial charge in [-0.3, -0.25) is 0 Å². The van der Waals surface area contributed by atoms with Gasteiger partial charge < -0.3 is 15.2 Å². The lowest BCUT2D eigenvalue weighted by molar-refractivity contribution is -0.137. The first-order chi connectivity index (χ1) is 6.20. The van der Waals surface area contributed by atoms with Crippen molar-refractivity contribution in [3.63, 3.8) is 0 Å². The van der Waals surface area contributed by atoms with Crippen molar-refractivity contribution >= 4 is 5.97 Å². The Morgan fingerprint density at radius 3 is 2.62 bits per heavy atom. The van der Waals surface area contributed by atoms with E-state index in [-0.39, 0.29) is 0 Å². The Kier molecular flexibility index (Phi) is 7.01. The molecule has 0 unspecified atom stereocenters. The third-order valence-corrected chi connectivity index (χ3v) is 1.33. The highest BCUT2D eigenvalue weighted by Crippen LogP contribution is 1.94. The van der Waals surface area contributed by atoms with E-state index < -0.39 is 5.97 Å². The van der Waals surface area contributed by atoms with Crippen molar-refractivity contribution in [1.29, 1.82) is 0 Å². The molecule has 13 heavy (non-hydrogen) atoms. The van der Waals surface area contributed by atoms with E-state index in [2.05, 4.69) is 4.74 Å². The summed E-state index contributed by atoms with van der Waals surface area (Å²) in [5, 5.41) is 0. The van der Waals surface area contributed by atoms with Gasteiger partial charge in [-0.15, -0.1) is 0 Å². The first-order valence-electron chi connectivity index (χ1n) is 4.41. The second-order valence-electron chi connectivity index (χ2n) is 2.42. The summed E-state index contributed by atoms with van der Waals surface area (Å²) in [5.41, 5.74) is 6.02. The highest BCUT2D eigenvalue weighted by molar-refractivity contribution is 5.82. The van der Waals surface area contributed by atoms with Gasteiger partial charge in [0.05, 0.1) is 13.2 Å². The molecule has 0 rings (SSSR count). The highest BCUT2D eigenvalue weighted by atomic mass is 16.5. The maximum Gasteiger partial charge on any atom is 0.332 e. The summed E-state index contributed by atoms with van der Waals surface area (Å²) in [6, 6.07) is 0. The molecular weight excluding hydrogens is 170 g/mol. The Bertz CT molecular complexity index is 178. The molecule has 76 valence electrons. The summed E-state index contributed by atoms with van der Waals surface area (Å²) in [7, 11) is 0. The molecule has 4 nitrogen and oxygen atoms in total. The number of carbonyl (C=O) groups excluding carboxylic acids is 1. The number of hydrogen-bond acceptors (Lipinski definition) is 4. The van der Waals surface area contributed by atoms with Crippen LogP contribution in [0, 0.1) is 0 Å².